The van der Waals surface area contributed by atoms with Crippen LogP contribution in [0.25, 0.3) is 0 Å². The van der Waals surface area contributed by atoms with E-state index in [0.717, 1.165) is 47.6 Å². The molecule has 0 N–H and O–H groups in total. The van der Waals surface area contributed by atoms with E-state index in [4.69, 9.17) is 14.6 Å². The van der Waals surface area contributed by atoms with Gasteiger partial charge in [-0.2, -0.15) is 5.10 Å². The molecule has 2 aromatic rings. The van der Waals surface area contributed by atoms with Crippen molar-refractivity contribution < 1.29 is 19.1 Å². The summed E-state index contributed by atoms with van der Waals surface area (Å²) >= 11 is 1.61. The van der Waals surface area contributed by atoms with Gasteiger partial charge in [0.2, 0.25) is 5.91 Å². The Hall–Kier alpha value is -2.71. The summed E-state index contributed by atoms with van der Waals surface area (Å²) in [5, 5.41) is 8.31. The van der Waals surface area contributed by atoms with Crippen LogP contribution in [0.2, 0.25) is 0 Å². The fraction of sp³-hybridized carbons (Fsp3) is 0.480. The first-order valence-electron chi connectivity index (χ1n) is 11.5. The van der Waals surface area contributed by atoms with Gasteiger partial charge in [-0.1, -0.05) is 31.0 Å². The molecule has 0 saturated heterocycles. The molecule has 2 heterocycles. The van der Waals surface area contributed by atoms with Crippen LogP contribution in [0, 0.1) is 5.92 Å². The number of thiophene rings is 1. The summed E-state index contributed by atoms with van der Waals surface area (Å²) in [6, 6.07) is 11.5. The second-order valence-electron chi connectivity index (χ2n) is 8.49. The summed E-state index contributed by atoms with van der Waals surface area (Å²) in [7, 11) is 3.24. The summed E-state index contributed by atoms with van der Waals surface area (Å²) in [6.45, 7) is 0.810. The Kier molecular flexibility index (Phi) is 7.77. The average molecular weight is 470 g/mol. The summed E-state index contributed by atoms with van der Waals surface area (Å²) in [4.78, 5) is 29.4. The van der Waals surface area contributed by atoms with Crippen molar-refractivity contribution in [1.29, 1.82) is 0 Å². The molecule has 0 spiro atoms. The van der Waals surface area contributed by atoms with Gasteiger partial charge in [-0.05, 0) is 42.0 Å². The number of carbonyl (C=O) groups is 2. The second kappa shape index (κ2) is 10.9. The summed E-state index contributed by atoms with van der Waals surface area (Å²) in [5.74, 6) is 0.656. The molecule has 33 heavy (non-hydrogen) atoms. The van der Waals surface area contributed by atoms with Crippen molar-refractivity contribution in [3.8, 4) is 5.75 Å². The number of hydrogen-bond donors (Lipinski definition) is 0. The molecule has 1 aromatic heterocycles. The maximum absolute atomic E-state index is 13.5. The smallest absolute Gasteiger partial charge is 0.262 e. The highest BCUT2D eigenvalue weighted by atomic mass is 32.1. The molecule has 1 aliphatic heterocycles. The molecule has 1 unspecified atom stereocenters. The molecular weight excluding hydrogens is 438 g/mol. The monoisotopic (exact) mass is 469 g/mol. The second-order valence-corrected chi connectivity index (χ2v) is 9.44. The third-order valence-corrected chi connectivity index (χ3v) is 7.30. The third-order valence-electron chi connectivity index (χ3n) is 6.38. The lowest BCUT2D eigenvalue weighted by Gasteiger charge is -2.28. The van der Waals surface area contributed by atoms with Crippen molar-refractivity contribution in [2.24, 2.45) is 11.0 Å². The highest BCUT2D eigenvalue weighted by molar-refractivity contribution is 7.12. The first kappa shape index (κ1) is 23.4. The fourth-order valence-corrected chi connectivity index (χ4v) is 5.27. The largest absolute Gasteiger partial charge is 0.497 e. The molecule has 0 bridgehead atoms. The van der Waals surface area contributed by atoms with Crippen LogP contribution in [0.15, 0.2) is 46.9 Å². The van der Waals surface area contributed by atoms with Crippen LogP contribution in [0.3, 0.4) is 0 Å². The molecule has 1 saturated carbocycles. The Labute approximate surface area is 199 Å². The van der Waals surface area contributed by atoms with E-state index in [1.807, 2.05) is 41.8 Å². The van der Waals surface area contributed by atoms with E-state index in [9.17, 15) is 9.59 Å². The minimum Gasteiger partial charge on any atom is -0.497 e. The Morgan fingerprint density at radius 1 is 1.15 bits per heavy atom. The third kappa shape index (κ3) is 5.45. The predicted molar refractivity (Wildman–Crippen MR) is 128 cm³/mol. The normalized spacial score (nSPS) is 18.4. The fourth-order valence-electron chi connectivity index (χ4n) is 4.55. The predicted octanol–water partition coefficient (Wildman–Crippen LogP) is 4.10. The molecule has 7 nitrogen and oxygen atoms in total. The molecule has 1 atom stereocenters. The molecule has 2 aliphatic rings. The SMILES string of the molecule is COCCN(CC(=O)N1N=C(c2cccs2)CC1c1ccc(OC)cc1)C(=O)C1CCCC1. The average Bonchev–Trinajstić information content (AvgIpc) is 3.62. The van der Waals surface area contributed by atoms with Gasteiger partial charge < -0.3 is 14.4 Å². The zero-order valence-electron chi connectivity index (χ0n) is 19.2. The Balaban J connectivity index is 1.56. The van der Waals surface area contributed by atoms with E-state index < -0.39 is 0 Å². The number of nitrogens with zero attached hydrogens (tertiary/aromatic N) is 3. The van der Waals surface area contributed by atoms with Gasteiger partial charge in [0.1, 0.15) is 12.3 Å². The molecule has 8 heteroatoms. The van der Waals surface area contributed by atoms with Crippen LogP contribution < -0.4 is 4.74 Å². The number of benzene rings is 1. The van der Waals surface area contributed by atoms with Crippen molar-refractivity contribution in [1.82, 2.24) is 9.91 Å². The van der Waals surface area contributed by atoms with Crippen LogP contribution in [-0.4, -0.2) is 61.4 Å². The molecular formula is C25H31N3O4S. The highest BCUT2D eigenvalue weighted by Crippen LogP contribution is 2.35. The first-order valence-corrected chi connectivity index (χ1v) is 12.3. The van der Waals surface area contributed by atoms with Gasteiger partial charge in [-0.15, -0.1) is 11.3 Å². The van der Waals surface area contributed by atoms with Gasteiger partial charge in [-0.25, -0.2) is 5.01 Å². The minimum absolute atomic E-state index is 0.00652. The summed E-state index contributed by atoms with van der Waals surface area (Å²) < 4.78 is 10.5. The maximum Gasteiger partial charge on any atom is 0.262 e. The number of hydrazone groups is 1. The van der Waals surface area contributed by atoms with Crippen molar-refractivity contribution >= 4 is 28.9 Å². The van der Waals surface area contributed by atoms with E-state index in [1.54, 1.807) is 35.5 Å². The first-order chi connectivity index (χ1) is 16.1. The van der Waals surface area contributed by atoms with Crippen molar-refractivity contribution in [2.45, 2.75) is 38.1 Å². The zero-order chi connectivity index (χ0) is 23.2. The van der Waals surface area contributed by atoms with E-state index in [0.29, 0.717) is 19.6 Å². The van der Waals surface area contributed by atoms with Crippen LogP contribution >= 0.6 is 11.3 Å². The molecule has 1 aromatic carbocycles. The van der Waals surface area contributed by atoms with E-state index >= 15 is 0 Å². The summed E-state index contributed by atoms with van der Waals surface area (Å²) in [6.07, 6.45) is 4.57. The van der Waals surface area contributed by atoms with Crippen molar-refractivity contribution in [3.05, 3.63) is 52.2 Å². The lowest BCUT2D eigenvalue weighted by atomic mass is 10.0. The van der Waals surface area contributed by atoms with E-state index in [1.165, 1.54) is 0 Å². The van der Waals surface area contributed by atoms with E-state index in [-0.39, 0.29) is 30.3 Å². The van der Waals surface area contributed by atoms with Gasteiger partial charge in [0, 0.05) is 26.0 Å². The lowest BCUT2D eigenvalue weighted by molar-refractivity contribution is -0.144. The van der Waals surface area contributed by atoms with E-state index in [2.05, 4.69) is 0 Å². The van der Waals surface area contributed by atoms with Gasteiger partial charge in [0.25, 0.3) is 5.91 Å². The topological polar surface area (TPSA) is 71.4 Å². The van der Waals surface area contributed by atoms with Gasteiger partial charge in [-0.3, -0.25) is 9.59 Å². The minimum atomic E-state index is -0.216. The van der Waals surface area contributed by atoms with Crippen molar-refractivity contribution in [3.63, 3.8) is 0 Å². The molecule has 4 rings (SSSR count). The van der Waals surface area contributed by atoms with Gasteiger partial charge in [0.05, 0.1) is 30.3 Å². The van der Waals surface area contributed by atoms with Crippen molar-refractivity contribution in [2.75, 3.05) is 33.9 Å². The number of amides is 2. The number of rotatable bonds is 9. The quantitative estimate of drug-likeness (QED) is 0.554. The number of hydrogen-bond acceptors (Lipinski definition) is 6. The lowest BCUT2D eigenvalue weighted by Crippen LogP contribution is -2.44. The molecule has 1 fully saturated rings. The number of carbonyl (C=O) groups excluding carboxylic acids is 2. The molecule has 0 radical (unpaired) electrons. The Bertz CT molecular complexity index is 968. The summed E-state index contributed by atoms with van der Waals surface area (Å²) in [5.41, 5.74) is 1.88. The maximum atomic E-state index is 13.5. The standard InChI is InChI=1S/C25H31N3O4S/c1-31-14-13-27(25(30)19-6-3-4-7-19)17-24(29)28-22(18-9-11-20(32-2)12-10-18)16-21(26-28)23-8-5-15-33-23/h5,8-12,15,19,22H,3-4,6-7,13-14,16-17H2,1-2H3. The van der Waals surface area contributed by atoms with Crippen LogP contribution in [0.5, 0.6) is 5.75 Å². The van der Waals surface area contributed by atoms with Crippen LogP contribution in [-0.2, 0) is 14.3 Å². The van der Waals surface area contributed by atoms with Crippen LogP contribution in [0.1, 0.15) is 48.6 Å². The molecule has 176 valence electrons. The van der Waals surface area contributed by atoms with Gasteiger partial charge in [0.15, 0.2) is 0 Å². The zero-order valence-corrected chi connectivity index (χ0v) is 20.1. The molecule has 1 aliphatic carbocycles. The van der Waals surface area contributed by atoms with Gasteiger partial charge >= 0.3 is 0 Å². The number of ether oxygens (including phenoxy) is 2. The Morgan fingerprint density at radius 2 is 1.91 bits per heavy atom. The van der Waals surface area contributed by atoms with Crippen LogP contribution in [0.4, 0.5) is 0 Å². The number of methoxy groups -OCH3 is 2. The highest BCUT2D eigenvalue weighted by Gasteiger charge is 2.36. The molecule has 2 amide bonds. The Morgan fingerprint density at radius 3 is 2.55 bits per heavy atom.